The molecule has 0 fully saturated rings. The summed E-state index contributed by atoms with van der Waals surface area (Å²) in [6, 6.07) is 0. The van der Waals surface area contributed by atoms with Crippen molar-refractivity contribution in [2.45, 2.75) is 33.6 Å². The van der Waals surface area contributed by atoms with E-state index >= 15 is 0 Å². The van der Waals surface area contributed by atoms with Crippen LogP contribution >= 0.6 is 0 Å². The van der Waals surface area contributed by atoms with Gasteiger partial charge >= 0.3 is 5.97 Å². The maximum absolute atomic E-state index is 10.5. The molecule has 2 nitrogen and oxygen atoms in total. The van der Waals surface area contributed by atoms with Crippen LogP contribution in [0.3, 0.4) is 0 Å². The Bertz CT molecular complexity index is 110. The second-order valence-corrected chi connectivity index (χ2v) is 2.74. The molecule has 0 unspecified atom stereocenters. The Morgan fingerprint density at radius 3 is 2.00 bits per heavy atom. The molecule has 0 aliphatic heterocycles. The Morgan fingerprint density at radius 2 is 1.90 bits per heavy atom. The Kier molecular flexibility index (Phi) is 4.08. The molecule has 0 aliphatic carbocycles. The molecule has 0 heterocycles. The van der Waals surface area contributed by atoms with Crippen LogP contribution in [0.25, 0.3) is 0 Å². The summed E-state index contributed by atoms with van der Waals surface area (Å²) in [5, 5.41) is 8.67. The van der Waals surface area contributed by atoms with Crippen LogP contribution in [0, 0.1) is 11.8 Å². The molecule has 0 amide bonds. The van der Waals surface area contributed by atoms with Gasteiger partial charge in [0, 0.05) is 0 Å². The fraction of sp³-hybridized carbons (Fsp3) is 0.875. The van der Waals surface area contributed by atoms with Crippen LogP contribution in [-0.2, 0) is 4.79 Å². The number of rotatable bonds is 4. The van der Waals surface area contributed by atoms with Gasteiger partial charge in [0.05, 0.1) is 5.92 Å². The Morgan fingerprint density at radius 1 is 1.40 bits per heavy atom. The highest BCUT2D eigenvalue weighted by Crippen LogP contribution is 2.18. The van der Waals surface area contributed by atoms with E-state index in [1.165, 1.54) is 0 Å². The summed E-state index contributed by atoms with van der Waals surface area (Å²) < 4.78 is 0. The van der Waals surface area contributed by atoms with Crippen molar-refractivity contribution < 1.29 is 9.90 Å². The molecule has 10 heavy (non-hydrogen) atoms. The van der Waals surface area contributed by atoms with Crippen LogP contribution in [0.15, 0.2) is 0 Å². The second-order valence-electron chi connectivity index (χ2n) is 2.74. The van der Waals surface area contributed by atoms with Gasteiger partial charge in [-0.1, -0.05) is 27.2 Å². The van der Waals surface area contributed by atoms with Crippen LogP contribution in [0.2, 0.25) is 0 Å². The highest BCUT2D eigenvalue weighted by atomic mass is 16.4. The fourth-order valence-electron chi connectivity index (χ4n) is 1.10. The monoisotopic (exact) mass is 144 g/mol. The molecule has 2 heteroatoms. The molecular weight excluding hydrogens is 128 g/mol. The minimum atomic E-state index is -0.656. The van der Waals surface area contributed by atoms with Crippen LogP contribution < -0.4 is 0 Å². The number of carboxylic acids is 1. The van der Waals surface area contributed by atoms with Gasteiger partial charge in [-0.25, -0.2) is 0 Å². The van der Waals surface area contributed by atoms with E-state index in [0.29, 0.717) is 5.92 Å². The van der Waals surface area contributed by atoms with Gasteiger partial charge in [-0.2, -0.15) is 0 Å². The Labute approximate surface area is 62.2 Å². The summed E-state index contributed by atoms with van der Waals surface area (Å²) in [5.41, 5.74) is 0. The van der Waals surface area contributed by atoms with E-state index in [1.807, 2.05) is 20.8 Å². The molecule has 0 rings (SSSR count). The van der Waals surface area contributed by atoms with E-state index in [9.17, 15) is 4.79 Å². The van der Waals surface area contributed by atoms with Crippen molar-refractivity contribution in [3.8, 4) is 0 Å². The van der Waals surface area contributed by atoms with Crippen molar-refractivity contribution in [1.29, 1.82) is 0 Å². The standard InChI is InChI=1S/C8H16O2/c1-4-6(3)7(5-2)8(9)10/h6-7H,4-5H2,1-3H3,(H,9,10)/t6-,7-/m0/s1. The predicted octanol–water partition coefficient (Wildman–Crippen LogP) is 2.14. The number of aliphatic carboxylic acids is 1. The largest absolute Gasteiger partial charge is 0.481 e. The molecule has 0 aromatic carbocycles. The lowest BCUT2D eigenvalue weighted by atomic mass is 9.90. The lowest BCUT2D eigenvalue weighted by molar-refractivity contribution is -0.143. The summed E-state index contributed by atoms with van der Waals surface area (Å²) in [5.74, 6) is -0.496. The molecule has 2 atom stereocenters. The maximum atomic E-state index is 10.5. The molecule has 0 saturated carbocycles. The van der Waals surface area contributed by atoms with E-state index in [1.54, 1.807) is 0 Å². The Hall–Kier alpha value is -0.530. The first-order chi connectivity index (χ1) is 4.63. The summed E-state index contributed by atoms with van der Waals surface area (Å²) in [4.78, 5) is 10.5. The SMILES string of the molecule is CC[C@H](C(=O)O)[C@@H](C)CC. The third kappa shape index (κ3) is 2.38. The van der Waals surface area contributed by atoms with Gasteiger partial charge in [-0.3, -0.25) is 4.79 Å². The highest BCUT2D eigenvalue weighted by molar-refractivity contribution is 5.70. The predicted molar refractivity (Wildman–Crippen MR) is 40.9 cm³/mol. The van der Waals surface area contributed by atoms with Gasteiger partial charge in [-0.05, 0) is 12.3 Å². The number of carbonyl (C=O) groups is 1. The van der Waals surface area contributed by atoms with Crippen molar-refractivity contribution >= 4 is 5.97 Å². The number of hydrogen-bond donors (Lipinski definition) is 1. The molecule has 0 radical (unpaired) electrons. The lowest BCUT2D eigenvalue weighted by Gasteiger charge is -2.15. The topological polar surface area (TPSA) is 37.3 Å². The molecule has 0 aromatic rings. The Balaban J connectivity index is 3.92. The third-order valence-electron chi connectivity index (χ3n) is 2.09. The minimum Gasteiger partial charge on any atom is -0.481 e. The van der Waals surface area contributed by atoms with Crippen molar-refractivity contribution in [3.63, 3.8) is 0 Å². The number of hydrogen-bond acceptors (Lipinski definition) is 1. The molecule has 0 spiro atoms. The van der Waals surface area contributed by atoms with Crippen molar-refractivity contribution in [3.05, 3.63) is 0 Å². The summed E-state index contributed by atoms with van der Waals surface area (Å²) in [7, 11) is 0. The van der Waals surface area contributed by atoms with Crippen LogP contribution in [0.4, 0.5) is 0 Å². The van der Waals surface area contributed by atoms with Gasteiger partial charge in [0.15, 0.2) is 0 Å². The van der Waals surface area contributed by atoms with Gasteiger partial charge in [-0.15, -0.1) is 0 Å². The quantitative estimate of drug-likeness (QED) is 0.656. The fourth-order valence-corrected chi connectivity index (χ4v) is 1.10. The third-order valence-corrected chi connectivity index (χ3v) is 2.09. The van der Waals surface area contributed by atoms with Gasteiger partial charge in [0.1, 0.15) is 0 Å². The first kappa shape index (κ1) is 9.47. The minimum absolute atomic E-state index is 0.148. The normalized spacial score (nSPS) is 16.3. The van der Waals surface area contributed by atoms with E-state index in [0.717, 1.165) is 12.8 Å². The molecule has 60 valence electrons. The van der Waals surface area contributed by atoms with Crippen LogP contribution in [-0.4, -0.2) is 11.1 Å². The van der Waals surface area contributed by atoms with Crippen molar-refractivity contribution in [2.24, 2.45) is 11.8 Å². The zero-order chi connectivity index (χ0) is 8.15. The molecular formula is C8H16O2. The average Bonchev–Trinajstić information content (AvgIpc) is 1.88. The van der Waals surface area contributed by atoms with Crippen LogP contribution in [0.5, 0.6) is 0 Å². The molecule has 1 N–H and O–H groups in total. The van der Waals surface area contributed by atoms with E-state index in [4.69, 9.17) is 5.11 Å². The first-order valence-corrected chi connectivity index (χ1v) is 3.86. The van der Waals surface area contributed by atoms with E-state index < -0.39 is 5.97 Å². The lowest BCUT2D eigenvalue weighted by Crippen LogP contribution is -2.19. The zero-order valence-corrected chi connectivity index (χ0v) is 6.92. The summed E-state index contributed by atoms with van der Waals surface area (Å²) in [6.45, 7) is 5.93. The average molecular weight is 144 g/mol. The second kappa shape index (κ2) is 4.31. The van der Waals surface area contributed by atoms with Gasteiger partial charge < -0.3 is 5.11 Å². The van der Waals surface area contributed by atoms with Gasteiger partial charge in [0.2, 0.25) is 0 Å². The highest BCUT2D eigenvalue weighted by Gasteiger charge is 2.20. The molecule has 0 aromatic heterocycles. The smallest absolute Gasteiger partial charge is 0.306 e. The molecule has 0 bridgehead atoms. The van der Waals surface area contributed by atoms with Crippen molar-refractivity contribution in [2.75, 3.05) is 0 Å². The van der Waals surface area contributed by atoms with E-state index in [-0.39, 0.29) is 5.92 Å². The van der Waals surface area contributed by atoms with E-state index in [2.05, 4.69) is 0 Å². The summed E-state index contributed by atoms with van der Waals surface area (Å²) in [6.07, 6.45) is 1.69. The van der Waals surface area contributed by atoms with Gasteiger partial charge in [0.25, 0.3) is 0 Å². The molecule has 0 saturated heterocycles. The molecule has 0 aliphatic rings. The summed E-state index contributed by atoms with van der Waals surface area (Å²) >= 11 is 0. The number of carboxylic acid groups (broad SMARTS) is 1. The van der Waals surface area contributed by atoms with Crippen LogP contribution in [0.1, 0.15) is 33.6 Å². The first-order valence-electron chi connectivity index (χ1n) is 3.86. The maximum Gasteiger partial charge on any atom is 0.306 e. The van der Waals surface area contributed by atoms with Crippen molar-refractivity contribution in [1.82, 2.24) is 0 Å². The zero-order valence-electron chi connectivity index (χ0n) is 6.92.